The van der Waals surface area contributed by atoms with E-state index in [0.717, 1.165) is 9.87 Å². The summed E-state index contributed by atoms with van der Waals surface area (Å²) >= 11 is 5.78. The monoisotopic (exact) mass is 365 g/mol. The zero-order valence-electron chi connectivity index (χ0n) is 13.1. The second-order valence-electron chi connectivity index (χ2n) is 5.07. The number of sulfonamides is 1. The summed E-state index contributed by atoms with van der Waals surface area (Å²) in [6.45, 7) is 0. The molecule has 0 aliphatic carbocycles. The van der Waals surface area contributed by atoms with E-state index in [1.165, 1.54) is 44.6 Å². The Hall–Kier alpha value is -2.22. The quantitative estimate of drug-likeness (QED) is 0.652. The number of nitrogens with zero attached hydrogens (tertiary/aromatic N) is 2. The van der Waals surface area contributed by atoms with Crippen molar-refractivity contribution in [1.29, 1.82) is 0 Å². The SMILES string of the molecule is CN(C)S(=O)(=O)c1cccc(C(=O)N/N=C\c2ccc(Cl)cc2)c1. The van der Waals surface area contributed by atoms with Crippen LogP contribution in [0.3, 0.4) is 0 Å². The largest absolute Gasteiger partial charge is 0.271 e. The molecular weight excluding hydrogens is 350 g/mol. The van der Waals surface area contributed by atoms with Gasteiger partial charge in [-0.15, -0.1) is 0 Å². The molecule has 6 nitrogen and oxygen atoms in total. The number of halogens is 1. The van der Waals surface area contributed by atoms with Crippen LogP contribution >= 0.6 is 11.6 Å². The van der Waals surface area contributed by atoms with Gasteiger partial charge in [-0.2, -0.15) is 5.10 Å². The van der Waals surface area contributed by atoms with E-state index in [9.17, 15) is 13.2 Å². The molecule has 0 heterocycles. The number of hydrogen-bond donors (Lipinski definition) is 1. The van der Waals surface area contributed by atoms with Gasteiger partial charge in [0, 0.05) is 24.7 Å². The van der Waals surface area contributed by atoms with E-state index >= 15 is 0 Å². The molecule has 0 unspecified atom stereocenters. The summed E-state index contributed by atoms with van der Waals surface area (Å²) in [6.07, 6.45) is 1.47. The van der Waals surface area contributed by atoms with Gasteiger partial charge in [0.1, 0.15) is 0 Å². The van der Waals surface area contributed by atoms with Crippen LogP contribution in [-0.4, -0.2) is 38.9 Å². The molecule has 126 valence electrons. The summed E-state index contributed by atoms with van der Waals surface area (Å²) in [7, 11) is -0.740. The molecule has 0 radical (unpaired) electrons. The van der Waals surface area contributed by atoms with Crippen molar-refractivity contribution in [3.05, 3.63) is 64.7 Å². The fraction of sp³-hybridized carbons (Fsp3) is 0.125. The van der Waals surface area contributed by atoms with Crippen LogP contribution in [0, 0.1) is 0 Å². The van der Waals surface area contributed by atoms with Crippen molar-refractivity contribution in [2.24, 2.45) is 5.10 Å². The van der Waals surface area contributed by atoms with Gasteiger partial charge in [-0.1, -0.05) is 29.8 Å². The van der Waals surface area contributed by atoms with Crippen LogP contribution in [0.2, 0.25) is 5.02 Å². The molecular formula is C16H16ClN3O3S. The fourth-order valence-electron chi connectivity index (χ4n) is 1.79. The van der Waals surface area contributed by atoms with Gasteiger partial charge in [0.05, 0.1) is 11.1 Å². The highest BCUT2D eigenvalue weighted by Crippen LogP contribution is 2.14. The Morgan fingerprint density at radius 3 is 2.46 bits per heavy atom. The van der Waals surface area contributed by atoms with E-state index in [1.807, 2.05) is 0 Å². The number of rotatable bonds is 5. The number of carbonyl (C=O) groups excluding carboxylic acids is 1. The Morgan fingerprint density at radius 1 is 1.17 bits per heavy atom. The van der Waals surface area contributed by atoms with E-state index in [1.54, 1.807) is 24.3 Å². The van der Waals surface area contributed by atoms with Gasteiger partial charge in [-0.05, 0) is 35.9 Å². The van der Waals surface area contributed by atoms with Crippen LogP contribution in [-0.2, 0) is 10.0 Å². The van der Waals surface area contributed by atoms with Gasteiger partial charge in [0.2, 0.25) is 10.0 Å². The molecule has 1 N–H and O–H groups in total. The molecule has 2 aromatic rings. The lowest BCUT2D eigenvalue weighted by Gasteiger charge is -2.11. The van der Waals surface area contributed by atoms with Crippen molar-refractivity contribution in [3.63, 3.8) is 0 Å². The van der Waals surface area contributed by atoms with Crippen LogP contribution in [0.4, 0.5) is 0 Å². The van der Waals surface area contributed by atoms with Crippen LogP contribution < -0.4 is 5.43 Å². The average Bonchev–Trinajstić information content (AvgIpc) is 2.56. The number of carbonyl (C=O) groups is 1. The topological polar surface area (TPSA) is 78.8 Å². The smallest absolute Gasteiger partial charge is 0.267 e. The lowest BCUT2D eigenvalue weighted by molar-refractivity contribution is 0.0955. The maximum Gasteiger partial charge on any atom is 0.271 e. The van der Waals surface area contributed by atoms with Crippen LogP contribution in [0.5, 0.6) is 0 Å². The zero-order chi connectivity index (χ0) is 17.7. The highest BCUT2D eigenvalue weighted by Gasteiger charge is 2.18. The average molecular weight is 366 g/mol. The molecule has 1 amide bonds. The molecule has 0 saturated heterocycles. The highest BCUT2D eigenvalue weighted by molar-refractivity contribution is 7.89. The summed E-state index contributed by atoms with van der Waals surface area (Å²) in [4.78, 5) is 12.1. The third-order valence-electron chi connectivity index (χ3n) is 3.12. The van der Waals surface area contributed by atoms with Crippen molar-refractivity contribution in [3.8, 4) is 0 Å². The second-order valence-corrected chi connectivity index (χ2v) is 7.65. The van der Waals surface area contributed by atoms with Gasteiger partial charge in [-0.25, -0.2) is 18.1 Å². The highest BCUT2D eigenvalue weighted by atomic mass is 35.5. The fourth-order valence-corrected chi connectivity index (χ4v) is 2.86. The molecule has 0 spiro atoms. The molecule has 24 heavy (non-hydrogen) atoms. The first kappa shape index (κ1) is 18.1. The van der Waals surface area contributed by atoms with Gasteiger partial charge < -0.3 is 0 Å². The van der Waals surface area contributed by atoms with Crippen molar-refractivity contribution in [2.75, 3.05) is 14.1 Å². The predicted molar refractivity (Wildman–Crippen MR) is 93.8 cm³/mol. The number of hydrogen-bond acceptors (Lipinski definition) is 4. The third-order valence-corrected chi connectivity index (χ3v) is 5.19. The standard InChI is InChI=1S/C16H16ClN3O3S/c1-20(2)24(22,23)15-5-3-4-13(10-15)16(21)19-18-11-12-6-8-14(17)9-7-12/h3-11H,1-2H3,(H,19,21)/b18-11-. The molecule has 8 heteroatoms. The Labute approximate surface area is 145 Å². The summed E-state index contributed by atoms with van der Waals surface area (Å²) in [5.74, 6) is -0.504. The summed E-state index contributed by atoms with van der Waals surface area (Å²) in [5.41, 5.74) is 3.33. The van der Waals surface area contributed by atoms with Gasteiger partial charge in [0.25, 0.3) is 5.91 Å². The van der Waals surface area contributed by atoms with E-state index in [4.69, 9.17) is 11.6 Å². The van der Waals surface area contributed by atoms with Crippen LogP contribution in [0.25, 0.3) is 0 Å². The first-order valence-electron chi connectivity index (χ1n) is 6.92. The van der Waals surface area contributed by atoms with E-state index in [-0.39, 0.29) is 10.5 Å². The molecule has 0 aliphatic heterocycles. The van der Waals surface area contributed by atoms with Crippen molar-refractivity contribution in [2.45, 2.75) is 4.90 Å². The Balaban J connectivity index is 2.12. The third kappa shape index (κ3) is 4.41. The number of nitrogens with one attached hydrogen (secondary N) is 1. The molecule has 0 saturated carbocycles. The minimum absolute atomic E-state index is 0.0434. The number of amides is 1. The minimum Gasteiger partial charge on any atom is -0.267 e. The van der Waals surface area contributed by atoms with Gasteiger partial charge >= 0.3 is 0 Å². The summed E-state index contributed by atoms with van der Waals surface area (Å²) in [6, 6.07) is 12.7. The second kappa shape index (κ2) is 7.57. The molecule has 2 aromatic carbocycles. The zero-order valence-corrected chi connectivity index (χ0v) is 14.7. The summed E-state index contributed by atoms with van der Waals surface area (Å²) < 4.78 is 25.3. The van der Waals surface area contributed by atoms with E-state index in [2.05, 4.69) is 10.5 Å². The maximum absolute atomic E-state index is 12.1. The van der Waals surface area contributed by atoms with Crippen molar-refractivity contribution < 1.29 is 13.2 Å². The minimum atomic E-state index is -3.60. The predicted octanol–water partition coefficient (Wildman–Crippen LogP) is 2.35. The molecule has 0 bridgehead atoms. The van der Waals surface area contributed by atoms with E-state index < -0.39 is 15.9 Å². The maximum atomic E-state index is 12.1. The first-order valence-corrected chi connectivity index (χ1v) is 8.74. The van der Waals surface area contributed by atoms with Gasteiger partial charge in [-0.3, -0.25) is 4.79 Å². The first-order chi connectivity index (χ1) is 11.3. The lowest BCUT2D eigenvalue weighted by atomic mass is 10.2. The Kier molecular flexibility index (Phi) is 5.71. The molecule has 0 atom stereocenters. The van der Waals surface area contributed by atoms with Crippen LogP contribution in [0.1, 0.15) is 15.9 Å². The number of benzene rings is 2. The normalized spacial score (nSPS) is 11.8. The van der Waals surface area contributed by atoms with Gasteiger partial charge in [0.15, 0.2) is 0 Å². The Bertz CT molecular complexity index is 862. The number of hydrazone groups is 1. The van der Waals surface area contributed by atoms with Crippen LogP contribution in [0.15, 0.2) is 58.5 Å². The van der Waals surface area contributed by atoms with E-state index in [0.29, 0.717) is 5.02 Å². The summed E-state index contributed by atoms with van der Waals surface area (Å²) in [5, 5.41) is 4.45. The lowest BCUT2D eigenvalue weighted by Crippen LogP contribution is -2.23. The molecule has 0 fully saturated rings. The molecule has 0 aromatic heterocycles. The van der Waals surface area contributed by atoms with Crippen molar-refractivity contribution in [1.82, 2.24) is 9.73 Å². The Morgan fingerprint density at radius 2 is 1.83 bits per heavy atom. The molecule has 0 aliphatic rings. The molecule has 2 rings (SSSR count). The van der Waals surface area contributed by atoms with Crippen molar-refractivity contribution >= 4 is 33.7 Å².